The maximum Gasteiger partial charge on any atom is 0.416 e. The van der Waals surface area contributed by atoms with Crippen molar-refractivity contribution in [3.8, 4) is 11.3 Å². The van der Waals surface area contributed by atoms with Crippen molar-refractivity contribution in [1.82, 2.24) is 15.0 Å². The minimum Gasteiger partial charge on any atom is -0.294 e. The van der Waals surface area contributed by atoms with Crippen LogP contribution in [-0.2, 0) is 25.4 Å². The molecule has 0 spiro atoms. The third kappa shape index (κ3) is 4.90. The fourth-order valence-corrected chi connectivity index (χ4v) is 4.31. The predicted molar refractivity (Wildman–Crippen MR) is 131 cm³/mol. The van der Waals surface area contributed by atoms with E-state index in [1.165, 1.54) is 18.5 Å². The second kappa shape index (κ2) is 9.62. The summed E-state index contributed by atoms with van der Waals surface area (Å²) >= 11 is 6.35. The Labute approximate surface area is 209 Å². The molecule has 0 saturated heterocycles. The number of hydrogen-bond acceptors (Lipinski definition) is 5. The Morgan fingerprint density at radius 2 is 1.86 bits per heavy atom. The van der Waals surface area contributed by atoms with Gasteiger partial charge in [-0.3, -0.25) is 14.8 Å². The molecule has 4 aromatic rings. The number of aliphatic imine (C=N–C) groups is 1. The molecule has 0 unspecified atom stereocenters. The highest BCUT2D eigenvalue weighted by molar-refractivity contribution is 6.31. The summed E-state index contributed by atoms with van der Waals surface area (Å²) in [5.74, 6) is -0.451. The van der Waals surface area contributed by atoms with E-state index < -0.39 is 17.5 Å². The molecule has 0 amide bonds. The first kappa shape index (κ1) is 23.8. The lowest BCUT2D eigenvalue weighted by atomic mass is 9.97. The van der Waals surface area contributed by atoms with Crippen LogP contribution in [-0.4, -0.2) is 26.9 Å². The molecule has 0 atom stereocenters. The number of nitrogens with zero attached hydrogens (tertiary/aromatic N) is 4. The second-order valence-corrected chi connectivity index (χ2v) is 8.72. The topological polar surface area (TPSA) is 68.1 Å². The van der Waals surface area contributed by atoms with Crippen LogP contribution in [0.3, 0.4) is 0 Å². The van der Waals surface area contributed by atoms with Gasteiger partial charge < -0.3 is 0 Å². The Morgan fingerprint density at radius 3 is 2.69 bits per heavy atom. The summed E-state index contributed by atoms with van der Waals surface area (Å²) in [4.78, 5) is 30.5. The highest BCUT2D eigenvalue weighted by Gasteiger charge is 2.31. The molecule has 5 rings (SSSR count). The van der Waals surface area contributed by atoms with Crippen LogP contribution in [0.1, 0.15) is 38.4 Å². The molecule has 2 aromatic carbocycles. The largest absolute Gasteiger partial charge is 0.416 e. The van der Waals surface area contributed by atoms with Crippen molar-refractivity contribution in [2.75, 3.05) is 0 Å². The Morgan fingerprint density at radius 1 is 1.00 bits per heavy atom. The molecule has 180 valence electrons. The van der Waals surface area contributed by atoms with Gasteiger partial charge in [-0.2, -0.15) is 13.2 Å². The molecule has 2 aromatic heterocycles. The Kier molecular flexibility index (Phi) is 6.36. The molecule has 0 saturated carbocycles. The summed E-state index contributed by atoms with van der Waals surface area (Å²) in [7, 11) is 0. The zero-order valence-corrected chi connectivity index (χ0v) is 19.5. The van der Waals surface area contributed by atoms with Crippen LogP contribution in [0.4, 0.5) is 18.9 Å². The third-order valence-electron chi connectivity index (χ3n) is 5.89. The van der Waals surface area contributed by atoms with Crippen LogP contribution in [0.5, 0.6) is 0 Å². The van der Waals surface area contributed by atoms with E-state index in [1.54, 1.807) is 24.5 Å². The van der Waals surface area contributed by atoms with Crippen molar-refractivity contribution < 1.29 is 18.0 Å². The van der Waals surface area contributed by atoms with Gasteiger partial charge in [0, 0.05) is 47.8 Å². The summed E-state index contributed by atoms with van der Waals surface area (Å²) < 4.78 is 39.2. The number of carbonyl (C=O) groups is 1. The Bertz CT molecular complexity index is 1500. The highest BCUT2D eigenvalue weighted by Crippen LogP contribution is 2.35. The van der Waals surface area contributed by atoms with Crippen molar-refractivity contribution in [2.45, 2.75) is 25.4 Å². The zero-order valence-electron chi connectivity index (χ0n) is 18.8. The van der Waals surface area contributed by atoms with Crippen molar-refractivity contribution in [3.63, 3.8) is 0 Å². The minimum atomic E-state index is -4.52. The Balaban J connectivity index is 1.42. The van der Waals surface area contributed by atoms with E-state index in [2.05, 4.69) is 19.9 Å². The number of halogens is 4. The molecule has 9 heteroatoms. The summed E-state index contributed by atoms with van der Waals surface area (Å²) in [5.41, 5.74) is 4.37. The van der Waals surface area contributed by atoms with Crippen LogP contribution in [0.25, 0.3) is 11.3 Å². The fourth-order valence-electron chi connectivity index (χ4n) is 4.13. The molecule has 0 N–H and O–H groups in total. The number of aromatic nitrogens is 3. The Hall–Kier alpha value is -3.91. The van der Waals surface area contributed by atoms with E-state index in [9.17, 15) is 18.0 Å². The van der Waals surface area contributed by atoms with E-state index in [-0.39, 0.29) is 12.0 Å². The average Bonchev–Trinajstić information content (AvgIpc) is 3.35. The third-order valence-corrected chi connectivity index (χ3v) is 6.26. The van der Waals surface area contributed by atoms with Crippen LogP contribution >= 0.6 is 11.6 Å². The van der Waals surface area contributed by atoms with E-state index >= 15 is 0 Å². The van der Waals surface area contributed by atoms with Gasteiger partial charge in [0.05, 0.1) is 17.0 Å². The van der Waals surface area contributed by atoms with Gasteiger partial charge in [-0.15, -0.1) is 0 Å². The molecular weight excluding hydrogens is 489 g/mol. The summed E-state index contributed by atoms with van der Waals surface area (Å²) in [6, 6.07) is 13.5. The highest BCUT2D eigenvalue weighted by atomic mass is 35.5. The normalized spacial score (nSPS) is 12.6. The molecule has 1 aliphatic heterocycles. The van der Waals surface area contributed by atoms with Gasteiger partial charge in [0.1, 0.15) is 17.7 Å². The number of rotatable bonds is 6. The average molecular weight is 507 g/mol. The number of carbonyl (C=O) groups excluding carboxylic acids is 1. The molecule has 1 aliphatic rings. The van der Waals surface area contributed by atoms with Crippen molar-refractivity contribution in [3.05, 3.63) is 106 Å². The van der Waals surface area contributed by atoms with E-state index in [4.69, 9.17) is 11.6 Å². The number of alkyl halides is 3. The van der Waals surface area contributed by atoms with Crippen molar-refractivity contribution >= 4 is 29.3 Å². The molecule has 0 aliphatic carbocycles. The van der Waals surface area contributed by atoms with E-state index in [0.29, 0.717) is 29.1 Å². The number of pyridine rings is 1. The van der Waals surface area contributed by atoms with E-state index in [1.807, 2.05) is 18.2 Å². The molecule has 0 bridgehead atoms. The van der Waals surface area contributed by atoms with Gasteiger partial charge in [0.25, 0.3) is 0 Å². The number of Topliss-reactive ketones (excluding diaryl/α,β-unsaturated/α-hetero) is 1. The van der Waals surface area contributed by atoms with Crippen LogP contribution in [0, 0.1) is 0 Å². The van der Waals surface area contributed by atoms with Gasteiger partial charge >= 0.3 is 6.18 Å². The molecule has 5 nitrogen and oxygen atoms in total. The molecule has 3 heterocycles. The van der Waals surface area contributed by atoms with Crippen molar-refractivity contribution in [1.29, 1.82) is 0 Å². The quantitative estimate of drug-likeness (QED) is 0.280. The number of ketones is 1. The van der Waals surface area contributed by atoms with Gasteiger partial charge in [-0.05, 0) is 41.5 Å². The number of fused-ring (bicyclic) bond motifs is 1. The molecular formula is C27H18ClF3N4O. The molecule has 0 fully saturated rings. The standard InChI is InChI=1S/C27H18ClF3N4O/c28-21-7-6-16(11-18(21)14-24(36)17-3-1-4-19(13-17)27(29,30)31)12-23-20(5-2-9-32-23)25-26-22(8-10-33-26)34-15-35-25/h1-7,9-11,13,15H,8,12,14H2. The first-order chi connectivity index (χ1) is 17.3. The zero-order chi connectivity index (χ0) is 25.3. The maximum atomic E-state index is 13.1. The van der Waals surface area contributed by atoms with Crippen LogP contribution in [0.15, 0.2) is 72.1 Å². The van der Waals surface area contributed by atoms with E-state index in [0.717, 1.165) is 40.3 Å². The fraction of sp³-hybridized carbons (Fsp3) is 0.148. The lowest BCUT2D eigenvalue weighted by Gasteiger charge is -2.12. The molecule has 36 heavy (non-hydrogen) atoms. The first-order valence-corrected chi connectivity index (χ1v) is 11.5. The predicted octanol–water partition coefficient (Wildman–Crippen LogP) is 6.49. The SMILES string of the molecule is O=C(Cc1cc(Cc2ncccc2-c2ncnc3c2N=CC3)ccc1Cl)c1cccc(C(F)(F)F)c1. The lowest BCUT2D eigenvalue weighted by molar-refractivity contribution is -0.137. The smallest absolute Gasteiger partial charge is 0.294 e. The molecule has 0 radical (unpaired) electrons. The van der Waals surface area contributed by atoms with Gasteiger partial charge in [-0.1, -0.05) is 35.9 Å². The lowest BCUT2D eigenvalue weighted by Crippen LogP contribution is -2.09. The second-order valence-electron chi connectivity index (χ2n) is 8.31. The van der Waals surface area contributed by atoms with Crippen LogP contribution < -0.4 is 0 Å². The van der Waals surface area contributed by atoms with Crippen molar-refractivity contribution in [2.24, 2.45) is 4.99 Å². The summed E-state index contributed by atoms with van der Waals surface area (Å²) in [6.07, 6.45) is 1.44. The number of benzene rings is 2. The summed E-state index contributed by atoms with van der Waals surface area (Å²) in [5, 5.41) is 0.364. The summed E-state index contributed by atoms with van der Waals surface area (Å²) in [6.45, 7) is 0. The van der Waals surface area contributed by atoms with Gasteiger partial charge in [0.2, 0.25) is 0 Å². The van der Waals surface area contributed by atoms with Gasteiger partial charge in [-0.25, -0.2) is 9.97 Å². The number of hydrogen-bond donors (Lipinski definition) is 0. The minimum absolute atomic E-state index is 0.0171. The maximum absolute atomic E-state index is 13.1. The van der Waals surface area contributed by atoms with Crippen LogP contribution in [0.2, 0.25) is 5.02 Å². The van der Waals surface area contributed by atoms with Gasteiger partial charge in [0.15, 0.2) is 5.78 Å². The monoisotopic (exact) mass is 506 g/mol. The first-order valence-electron chi connectivity index (χ1n) is 11.1.